The van der Waals surface area contributed by atoms with Crippen molar-refractivity contribution in [3.8, 4) is 0 Å². The second kappa shape index (κ2) is 7.94. The minimum Gasteiger partial charge on any atom is -0.350 e. The first kappa shape index (κ1) is 20.8. The van der Waals surface area contributed by atoms with E-state index in [4.69, 9.17) is 0 Å². The van der Waals surface area contributed by atoms with Gasteiger partial charge in [0.25, 0.3) is 5.91 Å². The summed E-state index contributed by atoms with van der Waals surface area (Å²) in [4.78, 5) is 41.9. The predicted molar refractivity (Wildman–Crippen MR) is 134 cm³/mol. The molecule has 3 aromatic carbocycles. The van der Waals surface area contributed by atoms with Gasteiger partial charge >= 0.3 is 0 Å². The smallest absolute Gasteiger partial charge is 0.259 e. The summed E-state index contributed by atoms with van der Waals surface area (Å²) in [7, 11) is 1.84. The Morgan fingerprint density at radius 1 is 0.882 bits per heavy atom. The number of carbonyl (C=O) groups is 2. The number of pyridine rings is 1. The number of amides is 1. The number of aryl methyl sites for hydroxylation is 3. The molecule has 0 spiro atoms. The van der Waals surface area contributed by atoms with Crippen molar-refractivity contribution in [2.75, 3.05) is 13.1 Å². The van der Waals surface area contributed by atoms with E-state index in [1.54, 1.807) is 17.2 Å². The maximum atomic E-state index is 13.7. The number of carbonyl (C=O) groups excluding carboxylic acids is 2. The van der Waals surface area contributed by atoms with Crippen LogP contribution in [0.15, 0.2) is 65.6 Å². The molecule has 1 fully saturated rings. The Labute approximate surface area is 197 Å². The SMILES string of the molecule is Cn1cc(C(=O)N2CCCC(C(=O)c3ccc4c5c(cccc35)CC4)C2)c(=O)c2ccccc21. The second-order valence-corrected chi connectivity index (χ2v) is 9.57. The first-order valence-corrected chi connectivity index (χ1v) is 12.0. The van der Waals surface area contributed by atoms with Crippen LogP contribution in [0.5, 0.6) is 0 Å². The lowest BCUT2D eigenvalue weighted by molar-refractivity contribution is 0.0636. The van der Waals surface area contributed by atoms with Crippen LogP contribution in [0.2, 0.25) is 0 Å². The van der Waals surface area contributed by atoms with Crippen molar-refractivity contribution in [2.24, 2.45) is 13.0 Å². The van der Waals surface area contributed by atoms with Gasteiger partial charge < -0.3 is 9.47 Å². The van der Waals surface area contributed by atoms with Crippen molar-refractivity contribution in [1.29, 1.82) is 0 Å². The molecule has 1 aliphatic carbocycles. The normalized spacial score (nSPS) is 17.4. The van der Waals surface area contributed by atoms with E-state index in [1.165, 1.54) is 16.5 Å². The van der Waals surface area contributed by atoms with Gasteiger partial charge in [0.1, 0.15) is 5.56 Å². The van der Waals surface area contributed by atoms with Crippen LogP contribution in [-0.4, -0.2) is 34.2 Å². The standard InChI is InChI=1S/C29H26N2O3/c1-30-17-24(28(33)23-8-2-3-10-25(23)30)29(34)31-15-5-7-20(16-31)27(32)22-14-13-19-12-11-18-6-4-9-21(22)26(18)19/h2-4,6,8-10,13-14,17,20H,5,7,11-12,15-16H2,1H3. The van der Waals surface area contributed by atoms with E-state index in [9.17, 15) is 14.4 Å². The van der Waals surface area contributed by atoms with Crippen LogP contribution in [0.3, 0.4) is 0 Å². The molecule has 0 N–H and O–H groups in total. The Kier molecular flexibility index (Phi) is 4.87. The van der Waals surface area contributed by atoms with Crippen LogP contribution < -0.4 is 5.43 Å². The number of benzene rings is 3. The molecule has 5 nitrogen and oxygen atoms in total. The van der Waals surface area contributed by atoms with Crippen molar-refractivity contribution in [2.45, 2.75) is 25.7 Å². The summed E-state index contributed by atoms with van der Waals surface area (Å²) in [6.45, 7) is 0.902. The van der Waals surface area contributed by atoms with Crippen molar-refractivity contribution < 1.29 is 9.59 Å². The molecule has 1 aliphatic heterocycles. The summed E-state index contributed by atoms with van der Waals surface area (Å²) in [6.07, 6.45) is 5.17. The highest BCUT2D eigenvalue weighted by Crippen LogP contribution is 2.34. The summed E-state index contributed by atoms with van der Waals surface area (Å²) in [5, 5.41) is 2.80. The number of para-hydroxylation sites is 1. The summed E-state index contributed by atoms with van der Waals surface area (Å²) in [5.41, 5.74) is 4.09. The number of ketones is 1. The number of rotatable bonds is 3. The number of nitrogens with zero attached hydrogens (tertiary/aromatic N) is 2. The minimum absolute atomic E-state index is 0.0968. The van der Waals surface area contributed by atoms with E-state index >= 15 is 0 Å². The molecule has 5 heteroatoms. The molecule has 2 aliphatic rings. The number of piperidine rings is 1. The summed E-state index contributed by atoms with van der Waals surface area (Å²) >= 11 is 0. The van der Waals surface area contributed by atoms with E-state index in [1.807, 2.05) is 48.0 Å². The lowest BCUT2D eigenvalue weighted by atomic mass is 9.87. The second-order valence-electron chi connectivity index (χ2n) is 9.57. The van der Waals surface area contributed by atoms with Gasteiger partial charge in [0.15, 0.2) is 5.78 Å². The fourth-order valence-electron chi connectivity index (χ4n) is 5.82. The molecular formula is C29H26N2O3. The Bertz CT molecular complexity index is 1540. The Balaban J connectivity index is 1.31. The Hall–Kier alpha value is -3.73. The Morgan fingerprint density at radius 2 is 1.65 bits per heavy atom. The van der Waals surface area contributed by atoms with Crippen LogP contribution in [0, 0.1) is 5.92 Å². The molecule has 1 aromatic heterocycles. The molecule has 0 saturated carbocycles. The lowest BCUT2D eigenvalue weighted by Gasteiger charge is -2.32. The molecule has 2 heterocycles. The van der Waals surface area contributed by atoms with Gasteiger partial charge in [-0.3, -0.25) is 14.4 Å². The molecule has 1 unspecified atom stereocenters. The van der Waals surface area contributed by atoms with Crippen molar-refractivity contribution in [1.82, 2.24) is 9.47 Å². The highest BCUT2D eigenvalue weighted by molar-refractivity contribution is 6.11. The third-order valence-corrected chi connectivity index (χ3v) is 7.55. The van der Waals surface area contributed by atoms with E-state index in [0.717, 1.165) is 42.1 Å². The number of aromatic nitrogens is 1. The molecule has 170 valence electrons. The van der Waals surface area contributed by atoms with Crippen LogP contribution >= 0.6 is 0 Å². The third kappa shape index (κ3) is 3.18. The number of hydrogen-bond donors (Lipinski definition) is 0. The summed E-state index contributed by atoms with van der Waals surface area (Å²) in [6, 6.07) is 17.6. The maximum Gasteiger partial charge on any atom is 0.259 e. The molecule has 0 radical (unpaired) electrons. The first-order chi connectivity index (χ1) is 16.5. The molecule has 1 atom stereocenters. The van der Waals surface area contributed by atoms with Gasteiger partial charge in [-0.15, -0.1) is 0 Å². The summed E-state index contributed by atoms with van der Waals surface area (Å²) < 4.78 is 1.82. The number of likely N-dealkylation sites (tertiary alicyclic amines) is 1. The molecule has 34 heavy (non-hydrogen) atoms. The van der Waals surface area contributed by atoms with Gasteiger partial charge in [0.2, 0.25) is 5.43 Å². The van der Waals surface area contributed by atoms with Gasteiger partial charge in [0, 0.05) is 43.2 Å². The van der Waals surface area contributed by atoms with Crippen LogP contribution in [0.4, 0.5) is 0 Å². The van der Waals surface area contributed by atoms with Crippen molar-refractivity contribution in [3.05, 3.63) is 93.3 Å². The third-order valence-electron chi connectivity index (χ3n) is 7.55. The number of fused-ring (bicyclic) bond motifs is 1. The number of Topliss-reactive ketones (excluding diaryl/α,β-unsaturated/α-hetero) is 1. The molecule has 4 aromatic rings. The fourth-order valence-corrected chi connectivity index (χ4v) is 5.82. The minimum atomic E-state index is -0.288. The monoisotopic (exact) mass is 450 g/mol. The number of hydrogen-bond acceptors (Lipinski definition) is 3. The highest BCUT2D eigenvalue weighted by Gasteiger charge is 2.32. The van der Waals surface area contributed by atoms with Gasteiger partial charge in [-0.25, -0.2) is 0 Å². The van der Waals surface area contributed by atoms with E-state index in [0.29, 0.717) is 18.5 Å². The zero-order valence-electron chi connectivity index (χ0n) is 19.2. The van der Waals surface area contributed by atoms with Gasteiger partial charge in [0.05, 0.1) is 5.52 Å². The molecule has 0 bridgehead atoms. The summed E-state index contributed by atoms with van der Waals surface area (Å²) in [5.74, 6) is -0.454. The maximum absolute atomic E-state index is 13.7. The van der Waals surface area contributed by atoms with Crippen molar-refractivity contribution >= 4 is 33.4 Å². The van der Waals surface area contributed by atoms with E-state index < -0.39 is 0 Å². The zero-order chi connectivity index (χ0) is 23.4. The quantitative estimate of drug-likeness (QED) is 0.431. The topological polar surface area (TPSA) is 59.4 Å². The molecule has 1 amide bonds. The molecule has 1 saturated heterocycles. The average Bonchev–Trinajstić information content (AvgIpc) is 3.30. The Morgan fingerprint density at radius 3 is 2.50 bits per heavy atom. The van der Waals surface area contributed by atoms with Crippen molar-refractivity contribution in [3.63, 3.8) is 0 Å². The van der Waals surface area contributed by atoms with Crippen LogP contribution in [0.25, 0.3) is 21.7 Å². The van der Waals surface area contributed by atoms with Gasteiger partial charge in [-0.05, 0) is 59.7 Å². The van der Waals surface area contributed by atoms with Gasteiger partial charge in [-0.2, -0.15) is 0 Å². The fraction of sp³-hybridized carbons (Fsp3) is 0.276. The lowest BCUT2D eigenvalue weighted by Crippen LogP contribution is -2.43. The molecule has 6 rings (SSSR count). The van der Waals surface area contributed by atoms with Crippen LogP contribution in [-0.2, 0) is 19.9 Å². The largest absolute Gasteiger partial charge is 0.350 e. The van der Waals surface area contributed by atoms with E-state index in [2.05, 4.69) is 12.1 Å². The highest BCUT2D eigenvalue weighted by atomic mass is 16.2. The van der Waals surface area contributed by atoms with Crippen LogP contribution in [0.1, 0.15) is 44.7 Å². The molecular weight excluding hydrogens is 424 g/mol. The zero-order valence-corrected chi connectivity index (χ0v) is 19.2. The van der Waals surface area contributed by atoms with E-state index in [-0.39, 0.29) is 28.6 Å². The average molecular weight is 451 g/mol. The van der Waals surface area contributed by atoms with Gasteiger partial charge in [-0.1, -0.05) is 42.5 Å². The predicted octanol–water partition coefficient (Wildman–Crippen LogP) is 4.53. The first-order valence-electron chi connectivity index (χ1n) is 12.0.